The number of fused-ring (bicyclic) bond motifs is 1. The van der Waals surface area contributed by atoms with E-state index in [0.717, 1.165) is 30.4 Å². The predicted octanol–water partition coefficient (Wildman–Crippen LogP) is 4.05. The average Bonchev–Trinajstić information content (AvgIpc) is 3.38. The van der Waals surface area contributed by atoms with Gasteiger partial charge in [0.05, 0.1) is 12.5 Å². The third-order valence-corrected chi connectivity index (χ3v) is 11.9. The van der Waals surface area contributed by atoms with Crippen LogP contribution in [0.1, 0.15) is 62.1 Å². The van der Waals surface area contributed by atoms with Gasteiger partial charge in [-0.25, -0.2) is 8.42 Å². The van der Waals surface area contributed by atoms with E-state index in [0.29, 0.717) is 30.7 Å². The van der Waals surface area contributed by atoms with E-state index in [9.17, 15) is 18.0 Å². The Bertz CT molecular complexity index is 1220. The van der Waals surface area contributed by atoms with Gasteiger partial charge in [-0.2, -0.15) is 4.31 Å². The maximum Gasteiger partial charge on any atom is 0.308 e. The standard InChI is InChI=1S/C27H32N2O5S2/c30-24(28-27-14-18-10-19(15-27)12-20(11-18)16-27)17-34-25(31)13-23-22-5-2-1-4-21(22)7-8-29(23)36(32,33)26-6-3-9-35-26/h1-6,9,18-20,23H,7-8,10-17H2,(H,28,30). The third kappa shape index (κ3) is 4.50. The molecule has 4 bridgehead atoms. The predicted molar refractivity (Wildman–Crippen MR) is 136 cm³/mol. The van der Waals surface area contributed by atoms with Crippen LogP contribution in [0.2, 0.25) is 0 Å². The first-order valence-corrected chi connectivity index (χ1v) is 15.2. The number of carbonyl (C=O) groups is 2. The summed E-state index contributed by atoms with van der Waals surface area (Å²) in [6, 6.07) is 10.3. The first kappa shape index (κ1) is 24.1. The van der Waals surface area contributed by atoms with Gasteiger partial charge >= 0.3 is 5.97 Å². The van der Waals surface area contributed by atoms with Gasteiger partial charge in [-0.05, 0) is 85.3 Å². The van der Waals surface area contributed by atoms with Gasteiger partial charge in [-0.3, -0.25) is 9.59 Å². The summed E-state index contributed by atoms with van der Waals surface area (Å²) in [6.07, 6.45) is 7.42. The topological polar surface area (TPSA) is 92.8 Å². The molecule has 4 aliphatic carbocycles. The first-order chi connectivity index (χ1) is 17.3. The number of ether oxygens (including phenoxy) is 1. The van der Waals surface area contributed by atoms with Crippen LogP contribution in [0.5, 0.6) is 0 Å². The molecule has 1 atom stereocenters. The monoisotopic (exact) mass is 528 g/mol. The zero-order chi connectivity index (χ0) is 24.9. The number of rotatable bonds is 7. The molecule has 4 saturated carbocycles. The summed E-state index contributed by atoms with van der Waals surface area (Å²) in [7, 11) is -3.75. The molecular formula is C27H32N2O5S2. The van der Waals surface area contributed by atoms with Gasteiger partial charge in [-0.1, -0.05) is 30.3 Å². The van der Waals surface area contributed by atoms with Crippen LogP contribution in [-0.2, 0) is 30.8 Å². The van der Waals surface area contributed by atoms with E-state index in [1.807, 2.05) is 24.3 Å². The third-order valence-electron chi connectivity index (χ3n) is 8.59. The summed E-state index contributed by atoms with van der Waals surface area (Å²) in [5.74, 6) is 1.31. The molecule has 1 aromatic carbocycles. The molecule has 1 amide bonds. The molecule has 1 aromatic heterocycles. The molecule has 2 heterocycles. The van der Waals surface area contributed by atoms with Crippen LogP contribution < -0.4 is 5.32 Å². The Kier molecular flexibility index (Phi) is 6.20. The van der Waals surface area contributed by atoms with Gasteiger partial charge in [0.25, 0.3) is 15.9 Å². The second kappa shape index (κ2) is 9.26. The summed E-state index contributed by atoms with van der Waals surface area (Å²) in [6.45, 7) is -0.0334. The lowest BCUT2D eigenvalue weighted by Gasteiger charge is -2.56. The minimum absolute atomic E-state index is 0.133. The number of benzene rings is 1. The molecule has 5 aliphatic rings. The fourth-order valence-electron chi connectivity index (χ4n) is 7.61. The lowest BCUT2D eigenvalue weighted by molar-refractivity contribution is -0.151. The molecule has 9 heteroatoms. The Hall–Kier alpha value is -2.23. The largest absolute Gasteiger partial charge is 0.456 e. The quantitative estimate of drug-likeness (QED) is 0.548. The lowest BCUT2D eigenvalue weighted by atomic mass is 9.53. The van der Waals surface area contributed by atoms with Crippen LogP contribution in [0.3, 0.4) is 0 Å². The second-order valence-electron chi connectivity index (χ2n) is 11.1. The van der Waals surface area contributed by atoms with Crippen molar-refractivity contribution in [3.8, 4) is 0 Å². The molecule has 0 spiro atoms. The Balaban J connectivity index is 1.13. The fourth-order valence-corrected chi connectivity index (χ4v) is 10.3. The highest BCUT2D eigenvalue weighted by Crippen LogP contribution is 2.55. The number of nitrogens with zero attached hydrogens (tertiary/aromatic N) is 1. The Labute approximate surface area is 216 Å². The summed E-state index contributed by atoms with van der Waals surface area (Å²) in [5.41, 5.74) is 1.72. The lowest BCUT2D eigenvalue weighted by Crippen LogP contribution is -2.60. The number of carbonyl (C=O) groups excluding carboxylic acids is 2. The van der Waals surface area contributed by atoms with Gasteiger partial charge in [0, 0.05) is 12.1 Å². The van der Waals surface area contributed by atoms with Crippen molar-refractivity contribution in [1.29, 1.82) is 0 Å². The van der Waals surface area contributed by atoms with Crippen LogP contribution in [0.15, 0.2) is 46.0 Å². The van der Waals surface area contributed by atoms with Crippen molar-refractivity contribution in [1.82, 2.24) is 9.62 Å². The van der Waals surface area contributed by atoms with E-state index in [1.54, 1.807) is 17.5 Å². The van der Waals surface area contributed by atoms with E-state index < -0.39 is 22.0 Å². The molecule has 4 fully saturated rings. The van der Waals surface area contributed by atoms with Crippen molar-refractivity contribution in [2.45, 2.75) is 67.2 Å². The molecule has 36 heavy (non-hydrogen) atoms. The summed E-state index contributed by atoms with van der Waals surface area (Å²) < 4.78 is 33.9. The molecule has 7 nitrogen and oxygen atoms in total. The summed E-state index contributed by atoms with van der Waals surface area (Å²) >= 11 is 1.17. The number of thiophene rings is 1. The molecule has 0 radical (unpaired) electrons. The normalized spacial score (nSPS) is 31.1. The van der Waals surface area contributed by atoms with Crippen LogP contribution in [-0.4, -0.2) is 43.3 Å². The van der Waals surface area contributed by atoms with Crippen molar-refractivity contribution in [3.63, 3.8) is 0 Å². The SMILES string of the molecule is O=C(COC(=O)CC1c2ccccc2CCN1S(=O)(=O)c1cccs1)NC12CC3CC(CC(C3)C1)C2. The first-order valence-electron chi connectivity index (χ1n) is 12.9. The van der Waals surface area contributed by atoms with Crippen molar-refractivity contribution in [2.75, 3.05) is 13.2 Å². The summed E-state index contributed by atoms with van der Waals surface area (Å²) in [5, 5.41) is 4.96. The Morgan fingerprint density at radius 3 is 2.39 bits per heavy atom. The molecule has 192 valence electrons. The van der Waals surface area contributed by atoms with Crippen LogP contribution in [0, 0.1) is 17.8 Å². The maximum atomic E-state index is 13.4. The van der Waals surface area contributed by atoms with E-state index >= 15 is 0 Å². The van der Waals surface area contributed by atoms with E-state index in [-0.39, 0.29) is 28.7 Å². The van der Waals surface area contributed by atoms with Gasteiger partial charge in [0.2, 0.25) is 0 Å². The van der Waals surface area contributed by atoms with Crippen molar-refractivity contribution < 1.29 is 22.7 Å². The minimum atomic E-state index is -3.75. The molecule has 7 rings (SSSR count). The van der Waals surface area contributed by atoms with Gasteiger partial charge in [0.15, 0.2) is 6.61 Å². The Morgan fingerprint density at radius 2 is 1.72 bits per heavy atom. The van der Waals surface area contributed by atoms with Crippen molar-refractivity contribution in [2.24, 2.45) is 17.8 Å². The van der Waals surface area contributed by atoms with Crippen molar-refractivity contribution >= 4 is 33.2 Å². The maximum absolute atomic E-state index is 13.4. The number of sulfonamides is 1. The Morgan fingerprint density at radius 1 is 1.03 bits per heavy atom. The van der Waals surface area contributed by atoms with Gasteiger partial charge in [0.1, 0.15) is 4.21 Å². The minimum Gasteiger partial charge on any atom is -0.456 e. The zero-order valence-corrected chi connectivity index (χ0v) is 21.9. The number of nitrogens with one attached hydrogen (secondary N) is 1. The molecule has 1 N–H and O–H groups in total. The molecule has 2 aromatic rings. The van der Waals surface area contributed by atoms with Gasteiger partial charge < -0.3 is 10.1 Å². The zero-order valence-electron chi connectivity index (χ0n) is 20.2. The highest BCUT2D eigenvalue weighted by molar-refractivity contribution is 7.91. The van der Waals surface area contributed by atoms with Crippen LogP contribution in [0.25, 0.3) is 0 Å². The number of amides is 1. The molecule has 1 aliphatic heterocycles. The molecular weight excluding hydrogens is 496 g/mol. The highest BCUT2D eigenvalue weighted by atomic mass is 32.2. The summed E-state index contributed by atoms with van der Waals surface area (Å²) in [4.78, 5) is 25.7. The average molecular weight is 529 g/mol. The fraction of sp³-hybridized carbons (Fsp3) is 0.556. The van der Waals surface area contributed by atoms with Crippen LogP contribution >= 0.6 is 11.3 Å². The second-order valence-corrected chi connectivity index (χ2v) is 14.2. The van der Waals surface area contributed by atoms with E-state index in [2.05, 4.69) is 5.32 Å². The van der Waals surface area contributed by atoms with Crippen molar-refractivity contribution in [3.05, 3.63) is 52.9 Å². The molecule has 1 unspecified atom stereocenters. The smallest absolute Gasteiger partial charge is 0.308 e. The van der Waals surface area contributed by atoms with Crippen LogP contribution in [0.4, 0.5) is 0 Å². The number of esters is 1. The molecule has 0 saturated heterocycles. The number of hydrogen-bond acceptors (Lipinski definition) is 6. The number of hydrogen-bond donors (Lipinski definition) is 1. The van der Waals surface area contributed by atoms with E-state index in [1.165, 1.54) is 34.9 Å². The van der Waals surface area contributed by atoms with E-state index in [4.69, 9.17) is 4.74 Å². The highest BCUT2D eigenvalue weighted by Gasteiger charge is 2.51. The van der Waals surface area contributed by atoms with Gasteiger partial charge in [-0.15, -0.1) is 11.3 Å².